The third kappa shape index (κ3) is 0.127. The van der Waals surface area contributed by atoms with Crippen LogP contribution in [0.1, 0.15) is 6.92 Å². The van der Waals surface area contributed by atoms with Gasteiger partial charge in [-0.15, -0.1) is 0 Å². The zero-order valence-corrected chi connectivity index (χ0v) is 2.65. The minimum Gasteiger partial charge on any atom is -0.0732 e. The predicted molar refractivity (Wildman–Crippen MR) is 17.0 cm³/mol. The Labute approximate surface area is 26.1 Å². The Balaban J connectivity index is 2.32. The molecule has 0 spiro atoms. The molecule has 4 heavy (non-hydrogen) atoms. The van der Waals surface area contributed by atoms with E-state index in [0.717, 1.165) is 0 Å². The van der Waals surface area contributed by atoms with Crippen LogP contribution in [0, 0.1) is 12.0 Å². The summed E-state index contributed by atoms with van der Waals surface area (Å²) in [5.41, 5.74) is 0. The van der Waals surface area contributed by atoms with Gasteiger partial charge in [-0.2, -0.15) is 0 Å². The molecule has 0 amide bonds. The van der Waals surface area contributed by atoms with Gasteiger partial charge in [-0.1, -0.05) is 13.0 Å². The van der Waals surface area contributed by atoms with Gasteiger partial charge in [0.1, 0.15) is 0 Å². The SMILES string of the molecule is CC1[C]=C1. The van der Waals surface area contributed by atoms with Crippen molar-refractivity contribution in [1.29, 1.82) is 0 Å². The highest BCUT2D eigenvalue weighted by molar-refractivity contribution is 5.01. The van der Waals surface area contributed by atoms with Gasteiger partial charge >= 0.3 is 0 Å². The van der Waals surface area contributed by atoms with Gasteiger partial charge in [-0.3, -0.25) is 0 Å². The summed E-state index contributed by atoms with van der Waals surface area (Å²) in [6.45, 7) is 2.11. The second kappa shape index (κ2) is 0.369. The summed E-state index contributed by atoms with van der Waals surface area (Å²) >= 11 is 0. The molecular weight excluding hydrogens is 48.0 g/mol. The molecular formula is C4H5. The Bertz CT molecular complexity index is 38.0. The van der Waals surface area contributed by atoms with Crippen molar-refractivity contribution in [1.82, 2.24) is 0 Å². The second-order valence-corrected chi connectivity index (χ2v) is 1.12. The van der Waals surface area contributed by atoms with Gasteiger partial charge in [0.15, 0.2) is 0 Å². The van der Waals surface area contributed by atoms with Crippen molar-refractivity contribution in [3.8, 4) is 0 Å². The third-order valence-corrected chi connectivity index (χ3v) is 0.500. The molecule has 1 aliphatic carbocycles. The van der Waals surface area contributed by atoms with Crippen LogP contribution in [-0.4, -0.2) is 0 Å². The van der Waals surface area contributed by atoms with Crippen LogP contribution in [0.25, 0.3) is 0 Å². The van der Waals surface area contributed by atoms with Crippen LogP contribution >= 0.6 is 0 Å². The first kappa shape index (κ1) is 2.01. The van der Waals surface area contributed by atoms with Crippen molar-refractivity contribution in [2.75, 3.05) is 0 Å². The summed E-state index contributed by atoms with van der Waals surface area (Å²) in [5, 5.41) is 0. The zero-order valence-electron chi connectivity index (χ0n) is 2.65. The lowest BCUT2D eigenvalue weighted by atomic mass is 10.5. The Morgan fingerprint density at radius 2 is 2.25 bits per heavy atom. The summed E-state index contributed by atoms with van der Waals surface area (Å²) in [6.07, 6.45) is 5.01. The summed E-state index contributed by atoms with van der Waals surface area (Å²) in [4.78, 5) is 0. The fraction of sp³-hybridized carbons (Fsp3) is 0.500. The molecule has 0 nitrogen and oxygen atoms in total. The van der Waals surface area contributed by atoms with Gasteiger partial charge in [0.25, 0.3) is 0 Å². The smallest absolute Gasteiger partial charge is 0.000440 e. The molecule has 21 valence electrons. The molecule has 1 rings (SSSR count). The van der Waals surface area contributed by atoms with Crippen molar-refractivity contribution in [3.63, 3.8) is 0 Å². The van der Waals surface area contributed by atoms with Crippen LogP contribution < -0.4 is 0 Å². The first-order chi connectivity index (χ1) is 1.89. The average Bonchev–Trinajstić information content (AvgIpc) is 1.75. The molecule has 1 atom stereocenters. The predicted octanol–water partition coefficient (Wildman–Crippen LogP) is 0.995. The van der Waals surface area contributed by atoms with Crippen LogP contribution in [-0.2, 0) is 0 Å². The maximum atomic E-state index is 2.97. The fourth-order valence-corrected chi connectivity index (χ4v) is 0.0962. The molecule has 0 saturated carbocycles. The fourth-order valence-electron chi connectivity index (χ4n) is 0.0962. The third-order valence-electron chi connectivity index (χ3n) is 0.500. The Morgan fingerprint density at radius 1 is 2.00 bits per heavy atom. The highest BCUT2D eigenvalue weighted by atomic mass is 14.0. The van der Waals surface area contributed by atoms with Crippen LogP contribution in [0.4, 0.5) is 0 Å². The summed E-state index contributed by atoms with van der Waals surface area (Å²) in [7, 11) is 0. The number of hydrogen-bond acceptors (Lipinski definition) is 0. The highest BCUT2D eigenvalue weighted by Gasteiger charge is 1.99. The maximum Gasteiger partial charge on any atom is -0.000440 e. The lowest BCUT2D eigenvalue weighted by Gasteiger charge is -1.56. The van der Waals surface area contributed by atoms with Gasteiger partial charge < -0.3 is 0 Å². The Hall–Kier alpha value is -0.260. The van der Waals surface area contributed by atoms with Gasteiger partial charge in [0, 0.05) is 0 Å². The molecule has 0 aromatic heterocycles. The molecule has 1 unspecified atom stereocenters. The van der Waals surface area contributed by atoms with Gasteiger partial charge in [0.2, 0.25) is 0 Å². The topological polar surface area (TPSA) is 0 Å². The van der Waals surface area contributed by atoms with E-state index in [0.29, 0.717) is 5.92 Å². The molecule has 1 aliphatic rings. The maximum absolute atomic E-state index is 2.97. The minimum absolute atomic E-state index is 0.708. The van der Waals surface area contributed by atoms with E-state index in [4.69, 9.17) is 0 Å². The van der Waals surface area contributed by atoms with E-state index < -0.39 is 0 Å². The van der Waals surface area contributed by atoms with Crippen molar-refractivity contribution in [3.05, 3.63) is 12.2 Å². The molecule has 0 bridgehead atoms. The van der Waals surface area contributed by atoms with E-state index in [1.165, 1.54) is 0 Å². The number of allylic oxidation sites excluding steroid dienone is 2. The van der Waals surface area contributed by atoms with E-state index in [1.807, 2.05) is 6.08 Å². The second-order valence-electron chi connectivity index (χ2n) is 1.12. The largest absolute Gasteiger partial charge is 0.0732 e. The van der Waals surface area contributed by atoms with Crippen molar-refractivity contribution >= 4 is 0 Å². The van der Waals surface area contributed by atoms with E-state index in [2.05, 4.69) is 13.0 Å². The summed E-state index contributed by atoms with van der Waals surface area (Å²) < 4.78 is 0. The van der Waals surface area contributed by atoms with Crippen LogP contribution in [0.3, 0.4) is 0 Å². The summed E-state index contributed by atoms with van der Waals surface area (Å²) in [6, 6.07) is 0. The molecule has 0 aliphatic heterocycles. The van der Waals surface area contributed by atoms with E-state index in [-0.39, 0.29) is 0 Å². The van der Waals surface area contributed by atoms with E-state index in [9.17, 15) is 0 Å². The lowest BCUT2D eigenvalue weighted by molar-refractivity contribution is 1.07. The standard InChI is InChI=1S/C4H5/c1-4-2-3-4/h2,4H,1H3. The Morgan fingerprint density at radius 3 is 2.25 bits per heavy atom. The molecule has 0 heterocycles. The first-order valence-corrected chi connectivity index (χ1v) is 1.49. The van der Waals surface area contributed by atoms with E-state index >= 15 is 0 Å². The average molecular weight is 53.1 g/mol. The quantitative estimate of drug-likeness (QED) is 0.386. The molecule has 0 aromatic rings. The van der Waals surface area contributed by atoms with Crippen molar-refractivity contribution in [2.45, 2.75) is 6.92 Å². The van der Waals surface area contributed by atoms with Crippen LogP contribution in [0.15, 0.2) is 6.08 Å². The molecule has 0 aromatic carbocycles. The molecule has 0 N–H and O–H groups in total. The molecule has 0 heteroatoms. The zero-order chi connectivity index (χ0) is 2.99. The summed E-state index contributed by atoms with van der Waals surface area (Å²) in [5.74, 6) is 0.708. The lowest BCUT2D eigenvalue weighted by Crippen LogP contribution is -1.48. The molecule has 0 saturated heterocycles. The normalized spacial score (nSPS) is 22.2. The minimum atomic E-state index is 0.708. The van der Waals surface area contributed by atoms with Gasteiger partial charge in [-0.25, -0.2) is 0 Å². The van der Waals surface area contributed by atoms with Crippen molar-refractivity contribution < 1.29 is 0 Å². The van der Waals surface area contributed by atoms with Gasteiger partial charge in [-0.05, 0) is 12.0 Å². The monoisotopic (exact) mass is 53.0 g/mol. The van der Waals surface area contributed by atoms with Crippen LogP contribution in [0.5, 0.6) is 0 Å². The van der Waals surface area contributed by atoms with E-state index in [1.54, 1.807) is 0 Å². The van der Waals surface area contributed by atoms with Crippen LogP contribution in [0.2, 0.25) is 0 Å². The van der Waals surface area contributed by atoms with Gasteiger partial charge in [0.05, 0.1) is 0 Å². The molecule has 0 fully saturated rings. The Kier molecular flexibility index (Phi) is 0.185. The van der Waals surface area contributed by atoms with Crippen molar-refractivity contribution in [2.24, 2.45) is 5.92 Å². The number of rotatable bonds is 0. The molecule has 1 radical (unpaired) electrons. The first-order valence-electron chi connectivity index (χ1n) is 1.49. The highest BCUT2D eigenvalue weighted by Crippen LogP contribution is 2.09. The number of hydrogen-bond donors (Lipinski definition) is 0.